The number of nitrogens with zero attached hydrogens (tertiary/aromatic N) is 4. The average molecular weight is 498 g/mol. The average Bonchev–Trinajstić information content (AvgIpc) is 3.63. The van der Waals surface area contributed by atoms with Gasteiger partial charge in [-0.05, 0) is 41.3 Å². The van der Waals surface area contributed by atoms with Crippen molar-refractivity contribution in [3.63, 3.8) is 0 Å². The minimum atomic E-state index is -0.452. The number of thiophene rings is 1. The number of benzene rings is 1. The number of carbonyl (C=O) groups excluding carboxylic acids is 1. The Morgan fingerprint density at radius 1 is 1.14 bits per heavy atom. The molecule has 1 aromatic carbocycles. The summed E-state index contributed by atoms with van der Waals surface area (Å²) >= 11 is 1.62. The maximum Gasteiger partial charge on any atom is 0.226 e. The van der Waals surface area contributed by atoms with Crippen molar-refractivity contribution in [1.82, 2.24) is 30.1 Å². The zero-order chi connectivity index (χ0) is 24.8. The Morgan fingerprint density at radius 3 is 2.83 bits per heavy atom. The normalized spacial score (nSPS) is 11.6. The SMILES string of the molecule is CC(C)C(=O)Nc1cncc(-c2cc(F)c3[nH]nc(-c4nc5c(-c6cccs6)ccnc5[nH]4)c3c2)c1. The number of hydrogen-bond donors (Lipinski definition) is 3. The lowest BCUT2D eigenvalue weighted by molar-refractivity contribution is -0.118. The lowest BCUT2D eigenvalue weighted by Crippen LogP contribution is -2.17. The maximum absolute atomic E-state index is 15.1. The van der Waals surface area contributed by atoms with Gasteiger partial charge < -0.3 is 10.3 Å². The molecule has 0 atom stereocenters. The van der Waals surface area contributed by atoms with Crippen LogP contribution in [0.5, 0.6) is 0 Å². The van der Waals surface area contributed by atoms with Crippen molar-refractivity contribution in [2.75, 3.05) is 5.32 Å². The highest BCUT2D eigenvalue weighted by Crippen LogP contribution is 2.35. The molecule has 0 bridgehead atoms. The monoisotopic (exact) mass is 497 g/mol. The summed E-state index contributed by atoms with van der Waals surface area (Å²) in [6, 6.07) is 11.0. The molecule has 1 amide bonds. The number of aromatic amines is 2. The van der Waals surface area contributed by atoms with Gasteiger partial charge in [-0.2, -0.15) is 5.10 Å². The van der Waals surface area contributed by atoms with Gasteiger partial charge >= 0.3 is 0 Å². The van der Waals surface area contributed by atoms with Crippen molar-refractivity contribution in [3.8, 4) is 33.1 Å². The predicted molar refractivity (Wildman–Crippen MR) is 139 cm³/mol. The first-order valence-electron chi connectivity index (χ1n) is 11.3. The number of amides is 1. The van der Waals surface area contributed by atoms with E-state index in [0.717, 1.165) is 16.0 Å². The lowest BCUT2D eigenvalue weighted by Gasteiger charge is -2.09. The van der Waals surface area contributed by atoms with Gasteiger partial charge in [0, 0.05) is 39.7 Å². The number of carbonyl (C=O) groups is 1. The minimum absolute atomic E-state index is 0.117. The van der Waals surface area contributed by atoms with Gasteiger partial charge in [0.1, 0.15) is 22.5 Å². The van der Waals surface area contributed by atoms with Gasteiger partial charge in [-0.25, -0.2) is 14.4 Å². The zero-order valence-electron chi connectivity index (χ0n) is 19.3. The van der Waals surface area contributed by atoms with E-state index in [2.05, 4.69) is 30.5 Å². The molecule has 0 aliphatic heterocycles. The van der Waals surface area contributed by atoms with Crippen LogP contribution in [-0.4, -0.2) is 36.0 Å². The highest BCUT2D eigenvalue weighted by molar-refractivity contribution is 7.13. The summed E-state index contributed by atoms with van der Waals surface area (Å²) in [4.78, 5) is 29.8. The summed E-state index contributed by atoms with van der Waals surface area (Å²) in [6.45, 7) is 3.63. The Morgan fingerprint density at radius 2 is 2.03 bits per heavy atom. The number of imidazole rings is 1. The number of nitrogens with one attached hydrogen (secondary N) is 3. The number of aromatic nitrogens is 6. The van der Waals surface area contributed by atoms with Crippen molar-refractivity contribution in [1.29, 1.82) is 0 Å². The molecule has 0 saturated heterocycles. The third kappa shape index (κ3) is 3.81. The molecule has 6 rings (SSSR count). The Hall–Kier alpha value is -4.44. The molecule has 0 aliphatic rings. The summed E-state index contributed by atoms with van der Waals surface area (Å²) in [7, 11) is 0. The molecular weight excluding hydrogens is 477 g/mol. The summed E-state index contributed by atoms with van der Waals surface area (Å²) in [5, 5.41) is 12.6. The van der Waals surface area contributed by atoms with Crippen LogP contribution < -0.4 is 5.32 Å². The highest BCUT2D eigenvalue weighted by atomic mass is 32.1. The molecule has 6 aromatic rings. The van der Waals surface area contributed by atoms with E-state index in [0.29, 0.717) is 39.4 Å². The van der Waals surface area contributed by atoms with E-state index < -0.39 is 5.82 Å². The van der Waals surface area contributed by atoms with Gasteiger partial charge in [0.05, 0.1) is 11.9 Å². The third-order valence-electron chi connectivity index (χ3n) is 5.88. The third-order valence-corrected chi connectivity index (χ3v) is 6.79. The summed E-state index contributed by atoms with van der Waals surface area (Å²) in [5.74, 6) is -0.255. The van der Waals surface area contributed by atoms with E-state index >= 15 is 4.39 Å². The van der Waals surface area contributed by atoms with Gasteiger partial charge in [0.25, 0.3) is 0 Å². The molecule has 0 fully saturated rings. The van der Waals surface area contributed by atoms with Crippen molar-refractivity contribution in [3.05, 3.63) is 66.2 Å². The molecule has 0 unspecified atom stereocenters. The number of hydrogen-bond acceptors (Lipinski definition) is 6. The minimum Gasteiger partial charge on any atom is -0.324 e. The zero-order valence-corrected chi connectivity index (χ0v) is 20.2. The van der Waals surface area contributed by atoms with Crippen molar-refractivity contribution >= 4 is 45.0 Å². The molecule has 178 valence electrons. The number of anilines is 1. The fourth-order valence-electron chi connectivity index (χ4n) is 4.03. The number of H-pyrrole nitrogens is 2. The van der Waals surface area contributed by atoms with Crippen LogP contribution in [0, 0.1) is 11.7 Å². The van der Waals surface area contributed by atoms with Crippen LogP contribution in [0.15, 0.2) is 60.4 Å². The topological polar surface area (TPSA) is 112 Å². The van der Waals surface area contributed by atoms with Crippen LogP contribution in [0.2, 0.25) is 0 Å². The standard InChI is InChI=1S/C26H20FN7OS/c1-13(2)26(35)30-16-8-15(11-28-12-16)14-9-18-21(19(27)10-14)33-34-23(18)25-31-22-17(20-4-3-7-36-20)5-6-29-24(22)32-25/h3-13H,1-2H3,(H,30,35)(H,33,34)(H,29,31,32). The second-order valence-electron chi connectivity index (χ2n) is 8.68. The van der Waals surface area contributed by atoms with Gasteiger partial charge in [-0.3, -0.25) is 14.9 Å². The smallest absolute Gasteiger partial charge is 0.226 e. The van der Waals surface area contributed by atoms with E-state index in [1.165, 1.54) is 6.07 Å². The highest BCUT2D eigenvalue weighted by Gasteiger charge is 2.19. The molecule has 0 aliphatic carbocycles. The van der Waals surface area contributed by atoms with E-state index in [1.807, 2.05) is 43.5 Å². The molecule has 3 N–H and O–H groups in total. The van der Waals surface area contributed by atoms with Crippen LogP contribution >= 0.6 is 11.3 Å². The van der Waals surface area contributed by atoms with Crippen molar-refractivity contribution < 1.29 is 9.18 Å². The van der Waals surface area contributed by atoms with Crippen LogP contribution in [0.1, 0.15) is 13.8 Å². The second-order valence-corrected chi connectivity index (χ2v) is 9.63. The van der Waals surface area contributed by atoms with E-state index in [4.69, 9.17) is 4.98 Å². The van der Waals surface area contributed by atoms with Crippen LogP contribution in [0.25, 0.3) is 55.2 Å². The van der Waals surface area contributed by atoms with E-state index in [9.17, 15) is 4.79 Å². The number of rotatable bonds is 5. The molecule has 10 heteroatoms. The Bertz CT molecular complexity index is 1740. The Balaban J connectivity index is 1.45. The Kier molecular flexibility index (Phi) is 5.30. The van der Waals surface area contributed by atoms with Crippen molar-refractivity contribution in [2.45, 2.75) is 13.8 Å². The second kappa shape index (κ2) is 8.65. The number of halogens is 1. The predicted octanol–water partition coefficient (Wildman–Crippen LogP) is 6.03. The first-order valence-corrected chi connectivity index (χ1v) is 12.2. The first kappa shape index (κ1) is 22.1. The van der Waals surface area contributed by atoms with Gasteiger partial charge in [-0.1, -0.05) is 19.9 Å². The quantitative estimate of drug-likeness (QED) is 0.269. The van der Waals surface area contributed by atoms with Crippen LogP contribution in [0.3, 0.4) is 0 Å². The summed E-state index contributed by atoms with van der Waals surface area (Å²) < 4.78 is 15.1. The molecule has 0 radical (unpaired) electrons. The molecular formula is C26H20FN7OS. The maximum atomic E-state index is 15.1. The Labute approximate surface area is 208 Å². The molecule has 0 spiro atoms. The fourth-order valence-corrected chi connectivity index (χ4v) is 4.78. The van der Waals surface area contributed by atoms with E-state index in [1.54, 1.807) is 36.0 Å². The van der Waals surface area contributed by atoms with E-state index in [-0.39, 0.29) is 17.3 Å². The summed E-state index contributed by atoms with van der Waals surface area (Å²) in [5.41, 5.74) is 4.89. The lowest BCUT2D eigenvalue weighted by atomic mass is 10.0. The van der Waals surface area contributed by atoms with Crippen molar-refractivity contribution in [2.24, 2.45) is 5.92 Å². The number of pyridine rings is 2. The first-order chi connectivity index (χ1) is 17.5. The van der Waals surface area contributed by atoms with Crippen LogP contribution in [0.4, 0.5) is 10.1 Å². The molecule has 8 nitrogen and oxygen atoms in total. The molecule has 36 heavy (non-hydrogen) atoms. The molecule has 5 heterocycles. The molecule has 0 saturated carbocycles. The summed E-state index contributed by atoms with van der Waals surface area (Å²) in [6.07, 6.45) is 4.93. The van der Waals surface area contributed by atoms with Gasteiger partial charge in [0.2, 0.25) is 5.91 Å². The van der Waals surface area contributed by atoms with Crippen LogP contribution in [-0.2, 0) is 4.79 Å². The number of fused-ring (bicyclic) bond motifs is 2. The van der Waals surface area contributed by atoms with Gasteiger partial charge in [-0.15, -0.1) is 11.3 Å². The molecule has 5 aromatic heterocycles. The van der Waals surface area contributed by atoms with Gasteiger partial charge in [0.15, 0.2) is 11.5 Å². The largest absolute Gasteiger partial charge is 0.324 e. The fraction of sp³-hybridized carbons (Fsp3) is 0.115.